The van der Waals surface area contributed by atoms with E-state index in [1.54, 1.807) is 18.3 Å². The number of aromatic nitrogens is 2. The number of nitrogens with zero attached hydrogens (tertiary/aromatic N) is 2. The number of benzene rings is 1. The van der Waals surface area contributed by atoms with E-state index in [1.807, 2.05) is 30.3 Å². The largest absolute Gasteiger partial charge is 0.393 e. The van der Waals surface area contributed by atoms with E-state index in [0.29, 0.717) is 11.4 Å². The molecule has 1 aromatic heterocycles. The fourth-order valence-corrected chi connectivity index (χ4v) is 10.0. The second kappa shape index (κ2) is 9.83. The second-order valence-corrected chi connectivity index (χ2v) is 14.0. The predicted octanol–water partition coefficient (Wildman–Crippen LogP) is 5.46. The van der Waals surface area contributed by atoms with Crippen LogP contribution >= 0.6 is 11.8 Å². The molecule has 4 fully saturated rings. The summed E-state index contributed by atoms with van der Waals surface area (Å²) in [4.78, 5) is 35.9. The van der Waals surface area contributed by atoms with Crippen LogP contribution in [0.25, 0.3) is 11.0 Å². The summed E-state index contributed by atoms with van der Waals surface area (Å²) in [6.45, 7) is 6.44. The first-order valence-electron chi connectivity index (χ1n) is 15.0. The molecule has 216 valence electrons. The number of carbonyl (C=O) groups excluding carboxylic acids is 2. The summed E-state index contributed by atoms with van der Waals surface area (Å²) in [6, 6.07) is 7.72. The number of ketones is 2. The van der Waals surface area contributed by atoms with Gasteiger partial charge in [0.25, 0.3) is 0 Å². The molecule has 2 heterocycles. The van der Waals surface area contributed by atoms with Crippen LogP contribution in [0, 0.1) is 28.6 Å². The van der Waals surface area contributed by atoms with Crippen LogP contribution in [0.2, 0.25) is 0 Å². The van der Waals surface area contributed by atoms with E-state index in [9.17, 15) is 14.7 Å². The molecule has 3 saturated carbocycles. The van der Waals surface area contributed by atoms with Crippen LogP contribution < -0.4 is 0 Å². The van der Waals surface area contributed by atoms with Crippen LogP contribution in [0.1, 0.15) is 59.3 Å². The standard InChI is InChI=1S/C33H38N2O5S/c1-4-7-29-39-27-15-22-21-11-10-19-14-20(36)12-13-31(19,2)30(21)25(37)16-32(22,3)33(27,40-29)26(38)18-41-28-17-34-23-8-5-6-9-24(23)35-28/h5-6,8-9,12-14,17,21-22,25,27,29-30,37H,4,7,10-11,15-16,18H2,1-3H3/t21?,22?,25-,27-,29?,30?,31?,32?,33+/m0/s1. The Kier molecular flexibility index (Phi) is 6.58. The highest BCUT2D eigenvalue weighted by molar-refractivity contribution is 7.99. The molecule has 9 atom stereocenters. The Morgan fingerprint density at radius 2 is 2.02 bits per heavy atom. The minimum Gasteiger partial charge on any atom is -0.393 e. The van der Waals surface area contributed by atoms with Crippen molar-refractivity contribution in [1.29, 1.82) is 0 Å². The highest BCUT2D eigenvalue weighted by Crippen LogP contribution is 2.69. The first-order chi connectivity index (χ1) is 19.7. The van der Waals surface area contributed by atoms with Crippen LogP contribution in [0.3, 0.4) is 0 Å². The van der Waals surface area contributed by atoms with Crippen molar-refractivity contribution in [2.45, 2.75) is 88.4 Å². The maximum Gasteiger partial charge on any atom is 0.178 e. The first kappa shape index (κ1) is 27.4. The molecule has 1 aromatic carbocycles. The molecular weight excluding hydrogens is 536 g/mol. The summed E-state index contributed by atoms with van der Waals surface area (Å²) in [5.74, 6) is 0.612. The minimum absolute atomic E-state index is 0.00964. The Labute approximate surface area is 245 Å². The molecule has 41 heavy (non-hydrogen) atoms. The van der Waals surface area contributed by atoms with E-state index in [1.165, 1.54) is 11.8 Å². The normalized spacial score (nSPS) is 41.0. The fourth-order valence-electron chi connectivity index (χ4n) is 9.26. The van der Waals surface area contributed by atoms with Crippen molar-refractivity contribution in [2.75, 3.05) is 5.75 Å². The quantitative estimate of drug-likeness (QED) is 0.454. The lowest BCUT2D eigenvalue weighted by atomic mass is 9.46. The molecule has 6 unspecified atom stereocenters. The van der Waals surface area contributed by atoms with Gasteiger partial charge in [-0.05, 0) is 68.2 Å². The van der Waals surface area contributed by atoms with Gasteiger partial charge in [0.1, 0.15) is 5.03 Å². The molecule has 0 spiro atoms. The molecular formula is C33H38N2O5S. The first-order valence-corrected chi connectivity index (χ1v) is 16.0. The topological polar surface area (TPSA) is 98.6 Å². The van der Waals surface area contributed by atoms with Crippen LogP contribution in [0.5, 0.6) is 0 Å². The Balaban J connectivity index is 1.21. The zero-order valence-electron chi connectivity index (χ0n) is 23.9. The third-order valence-electron chi connectivity index (χ3n) is 11.0. The van der Waals surface area contributed by atoms with Gasteiger partial charge in [0.15, 0.2) is 23.5 Å². The van der Waals surface area contributed by atoms with Crippen LogP contribution in [0.15, 0.2) is 59.3 Å². The Hall–Kier alpha value is -2.39. The number of hydrogen-bond acceptors (Lipinski definition) is 8. The van der Waals surface area contributed by atoms with Gasteiger partial charge >= 0.3 is 0 Å². The SMILES string of the molecule is CCCC1O[C@H]2CC3C4CCC5=CC(=O)C=CC5(C)C4[C@@H](O)CC3(C)[C@]2(C(=O)CSc2cnc3ccccc3n2)O1. The van der Waals surface area contributed by atoms with Gasteiger partial charge in [0.05, 0.1) is 35.2 Å². The van der Waals surface area contributed by atoms with E-state index in [-0.39, 0.29) is 46.6 Å². The zero-order valence-corrected chi connectivity index (χ0v) is 24.7. The number of fused-ring (bicyclic) bond motifs is 8. The van der Waals surface area contributed by atoms with E-state index < -0.39 is 23.4 Å². The number of ether oxygens (including phenoxy) is 2. The highest BCUT2D eigenvalue weighted by atomic mass is 32.2. The summed E-state index contributed by atoms with van der Waals surface area (Å²) in [5, 5.41) is 12.6. The lowest BCUT2D eigenvalue weighted by Crippen LogP contribution is -2.63. The monoisotopic (exact) mass is 574 g/mol. The van der Waals surface area contributed by atoms with Crippen molar-refractivity contribution in [1.82, 2.24) is 9.97 Å². The van der Waals surface area contributed by atoms with Gasteiger partial charge in [-0.15, -0.1) is 0 Å². The molecule has 0 amide bonds. The number of aliphatic hydroxyl groups is 1. The van der Waals surface area contributed by atoms with Crippen molar-refractivity contribution in [2.24, 2.45) is 28.6 Å². The van der Waals surface area contributed by atoms with Crippen molar-refractivity contribution in [3.8, 4) is 0 Å². The van der Waals surface area contributed by atoms with Crippen LogP contribution in [-0.2, 0) is 19.1 Å². The molecule has 7 nitrogen and oxygen atoms in total. The third kappa shape index (κ3) is 3.97. The molecule has 8 heteroatoms. The summed E-state index contributed by atoms with van der Waals surface area (Å²) in [6.07, 6.45) is 10.4. The van der Waals surface area contributed by atoms with Crippen molar-refractivity contribution in [3.05, 3.63) is 54.3 Å². The predicted molar refractivity (Wildman–Crippen MR) is 156 cm³/mol. The zero-order chi connectivity index (χ0) is 28.6. The Morgan fingerprint density at radius 3 is 2.83 bits per heavy atom. The average Bonchev–Trinajstić information content (AvgIpc) is 3.44. The number of thioether (sulfide) groups is 1. The highest BCUT2D eigenvalue weighted by Gasteiger charge is 2.75. The fraction of sp³-hybridized carbons (Fsp3) is 0.576. The van der Waals surface area contributed by atoms with Gasteiger partial charge in [0.2, 0.25) is 0 Å². The van der Waals surface area contributed by atoms with E-state index >= 15 is 0 Å². The number of Topliss-reactive ketones (excluding diaryl/α,β-unsaturated/α-hetero) is 1. The number of hydrogen-bond donors (Lipinski definition) is 1. The molecule has 1 saturated heterocycles. The van der Waals surface area contributed by atoms with E-state index in [2.05, 4.69) is 25.8 Å². The maximum atomic E-state index is 14.5. The lowest BCUT2D eigenvalue weighted by molar-refractivity contribution is -0.197. The van der Waals surface area contributed by atoms with Gasteiger partial charge < -0.3 is 14.6 Å². The molecule has 7 rings (SSSR count). The molecule has 0 bridgehead atoms. The molecule has 4 aliphatic carbocycles. The van der Waals surface area contributed by atoms with Crippen LogP contribution in [-0.4, -0.2) is 56.5 Å². The minimum atomic E-state index is -1.11. The van der Waals surface area contributed by atoms with Crippen molar-refractivity contribution >= 4 is 34.4 Å². The lowest BCUT2D eigenvalue weighted by Gasteiger charge is -2.59. The molecule has 0 radical (unpaired) electrons. The molecule has 1 aliphatic heterocycles. The summed E-state index contributed by atoms with van der Waals surface area (Å²) < 4.78 is 13.3. The summed E-state index contributed by atoms with van der Waals surface area (Å²) in [7, 11) is 0. The van der Waals surface area contributed by atoms with Gasteiger partial charge in [0, 0.05) is 16.7 Å². The van der Waals surface area contributed by atoms with Gasteiger partial charge in [-0.2, -0.15) is 0 Å². The number of carbonyl (C=O) groups is 2. The van der Waals surface area contributed by atoms with Crippen molar-refractivity contribution in [3.63, 3.8) is 0 Å². The smallest absolute Gasteiger partial charge is 0.178 e. The van der Waals surface area contributed by atoms with Gasteiger partial charge in [-0.1, -0.05) is 62.7 Å². The number of aliphatic hydroxyl groups excluding tert-OH is 1. The van der Waals surface area contributed by atoms with E-state index in [4.69, 9.17) is 14.5 Å². The van der Waals surface area contributed by atoms with Gasteiger partial charge in [-0.25, -0.2) is 4.98 Å². The van der Waals surface area contributed by atoms with Crippen LogP contribution in [0.4, 0.5) is 0 Å². The summed E-state index contributed by atoms with van der Waals surface area (Å²) >= 11 is 1.39. The maximum absolute atomic E-state index is 14.5. The number of allylic oxidation sites excluding steroid dienone is 4. The molecule has 5 aliphatic rings. The van der Waals surface area contributed by atoms with Crippen molar-refractivity contribution < 1.29 is 24.2 Å². The Morgan fingerprint density at radius 1 is 1.22 bits per heavy atom. The average molecular weight is 575 g/mol. The molecule has 2 aromatic rings. The number of para-hydroxylation sites is 2. The third-order valence-corrected chi connectivity index (χ3v) is 11.9. The second-order valence-electron chi connectivity index (χ2n) is 13.1. The van der Waals surface area contributed by atoms with Gasteiger partial charge in [-0.3, -0.25) is 14.6 Å². The molecule has 1 N–H and O–H groups in total. The Bertz CT molecular complexity index is 1470. The van der Waals surface area contributed by atoms with E-state index in [0.717, 1.165) is 48.7 Å². The summed E-state index contributed by atoms with van der Waals surface area (Å²) in [5.41, 5.74) is 0.710. The number of rotatable bonds is 6.